The topological polar surface area (TPSA) is 193 Å². The standard InChI is InChI=1S/C55H63FN8O8/c1-6-38-40(32(3)26-71-53(38)69)18-46-51-42(25-63(46)29-65)50-44(12-11-39-33(4)43(56)19-45(58-51)49(39)50)59-54(70)72-37-21-55(22-37)27-62(28-55)24-35-13-15-61(16-14-35)23-34-7-9-36(10-8-34)64(30-66)52(60-57-5)41-17-31(2)47(67)20-48(41)68/h7-10,17-20,29,35,37-38,44,66-68H,5-6,11-16,21-28,30H2,1-4H3,(H,59,70)/b46-18-,60-52-. The number of aromatic hydroxyl groups is 2. The van der Waals surface area contributed by atoms with Crippen LogP contribution < -0.4 is 10.2 Å². The second-order valence-corrected chi connectivity index (χ2v) is 20.8. The zero-order valence-corrected chi connectivity index (χ0v) is 41.4. The molecule has 2 amide bonds. The van der Waals surface area contributed by atoms with Crippen LogP contribution in [-0.4, -0.2) is 118 Å². The number of cyclic esters (lactones) is 1. The summed E-state index contributed by atoms with van der Waals surface area (Å²) in [5.41, 5.74) is 9.13. The van der Waals surface area contributed by atoms with Crippen LogP contribution in [0, 0.1) is 36.9 Å². The molecule has 6 aliphatic rings. The summed E-state index contributed by atoms with van der Waals surface area (Å²) in [6.07, 6.45) is 7.47. The van der Waals surface area contributed by atoms with E-state index in [1.165, 1.54) is 17.0 Å². The van der Waals surface area contributed by atoms with Crippen molar-refractivity contribution in [3.63, 3.8) is 0 Å². The summed E-state index contributed by atoms with van der Waals surface area (Å²) >= 11 is 0. The highest BCUT2D eigenvalue weighted by molar-refractivity contribution is 6.11. The lowest BCUT2D eigenvalue weighted by Crippen LogP contribution is -2.65. The molecule has 3 aromatic carbocycles. The van der Waals surface area contributed by atoms with E-state index in [1.807, 2.05) is 44.2 Å². The van der Waals surface area contributed by atoms with Crippen LogP contribution in [0.4, 0.5) is 14.9 Å². The number of aliphatic hydroxyl groups is 1. The molecule has 17 heteroatoms. The average molecular weight is 983 g/mol. The number of nitrogens with zero attached hydrogens (tertiary/aromatic N) is 7. The molecule has 3 fully saturated rings. The van der Waals surface area contributed by atoms with Crippen molar-refractivity contribution in [2.24, 2.45) is 27.5 Å². The highest BCUT2D eigenvalue weighted by atomic mass is 19.1. The van der Waals surface area contributed by atoms with Gasteiger partial charge in [0.1, 0.15) is 36.8 Å². The van der Waals surface area contributed by atoms with Gasteiger partial charge in [-0.1, -0.05) is 19.1 Å². The molecule has 0 radical (unpaired) electrons. The number of likely N-dealkylation sites (tertiary alicyclic amines) is 2. The highest BCUT2D eigenvalue weighted by Gasteiger charge is 2.54. The molecular formula is C55H63FN8O8. The summed E-state index contributed by atoms with van der Waals surface area (Å²) in [7, 11) is 0. The second-order valence-electron chi connectivity index (χ2n) is 20.8. The minimum Gasteiger partial charge on any atom is -0.508 e. The third-order valence-corrected chi connectivity index (χ3v) is 16.1. The number of halogens is 1. The van der Waals surface area contributed by atoms with Crippen LogP contribution in [0.3, 0.4) is 0 Å². The van der Waals surface area contributed by atoms with Crippen molar-refractivity contribution < 1.29 is 43.6 Å². The number of fused-ring (bicyclic) bond motifs is 2. The zero-order chi connectivity index (χ0) is 50.6. The van der Waals surface area contributed by atoms with Crippen molar-refractivity contribution in [3.8, 4) is 11.5 Å². The number of amidine groups is 1. The molecule has 0 bridgehead atoms. The number of piperidine rings is 1. The molecule has 72 heavy (non-hydrogen) atoms. The van der Waals surface area contributed by atoms with Crippen molar-refractivity contribution in [2.75, 3.05) is 51.0 Å². The molecule has 4 N–H and O–H groups in total. The third kappa shape index (κ3) is 9.10. The lowest BCUT2D eigenvalue weighted by Gasteiger charge is -2.59. The minimum absolute atomic E-state index is 0.0498. The predicted octanol–water partition coefficient (Wildman–Crippen LogP) is 7.52. The normalized spacial score (nSPS) is 21.9. The maximum Gasteiger partial charge on any atom is 0.407 e. The molecule has 2 saturated heterocycles. The number of aliphatic hydroxyl groups excluding tert-OH is 1. The summed E-state index contributed by atoms with van der Waals surface area (Å²) in [5, 5.41) is 42.8. The number of benzene rings is 3. The Kier molecular flexibility index (Phi) is 13.4. The van der Waals surface area contributed by atoms with Gasteiger partial charge in [-0.05, 0) is 148 Å². The van der Waals surface area contributed by atoms with Crippen LogP contribution in [0.5, 0.6) is 11.5 Å². The van der Waals surface area contributed by atoms with E-state index < -0.39 is 24.8 Å². The van der Waals surface area contributed by atoms with Gasteiger partial charge in [-0.15, -0.1) is 5.10 Å². The molecule has 1 aromatic heterocycles. The maximum absolute atomic E-state index is 15.5. The Bertz CT molecular complexity index is 2930. The third-order valence-electron chi connectivity index (χ3n) is 16.1. The van der Waals surface area contributed by atoms with E-state index in [0.717, 1.165) is 110 Å². The first-order chi connectivity index (χ1) is 34.7. The maximum atomic E-state index is 15.5. The highest BCUT2D eigenvalue weighted by Crippen LogP contribution is 2.51. The Morgan fingerprint density at radius 1 is 1.06 bits per heavy atom. The number of hydrogen-bond donors (Lipinski definition) is 4. The Morgan fingerprint density at radius 3 is 2.50 bits per heavy atom. The van der Waals surface area contributed by atoms with Gasteiger partial charge in [0.15, 0.2) is 5.84 Å². The van der Waals surface area contributed by atoms with E-state index in [-0.39, 0.29) is 53.8 Å². The summed E-state index contributed by atoms with van der Waals surface area (Å²) in [6, 6.07) is 11.7. The first kappa shape index (κ1) is 48.9. The van der Waals surface area contributed by atoms with Gasteiger partial charge in [0, 0.05) is 67.1 Å². The molecule has 4 aromatic rings. The van der Waals surface area contributed by atoms with Crippen molar-refractivity contribution in [1.29, 1.82) is 0 Å². The fourth-order valence-corrected chi connectivity index (χ4v) is 12.3. The van der Waals surface area contributed by atoms with Gasteiger partial charge in [0.25, 0.3) is 0 Å². The summed E-state index contributed by atoms with van der Waals surface area (Å²) in [6.45, 7) is 16.6. The molecule has 16 nitrogen and oxygen atoms in total. The molecule has 1 spiro atoms. The van der Waals surface area contributed by atoms with Gasteiger partial charge in [-0.3, -0.25) is 14.5 Å². The van der Waals surface area contributed by atoms with Gasteiger partial charge >= 0.3 is 12.1 Å². The SMILES string of the molecule is C=N/N=C(/c1cc(C)c(O)cc1O)N(CO)c1ccc(CN2CCC(CN3CC4(CC(OC(=O)NC5CCc6c(C)c(F)cc7nc8c(c5c67)CN(C=O)/C8=C\C5=C(C)COC(=O)C5CC)C4)C3)CC2)cc1. The molecule has 2 unspecified atom stereocenters. The summed E-state index contributed by atoms with van der Waals surface area (Å²) in [5.74, 6) is -0.562. The Morgan fingerprint density at radius 2 is 1.81 bits per heavy atom. The fourth-order valence-electron chi connectivity index (χ4n) is 12.3. The van der Waals surface area contributed by atoms with Crippen molar-refractivity contribution in [3.05, 3.63) is 110 Å². The number of carbonyl (C=O) groups excluding carboxylic acids is 3. The van der Waals surface area contributed by atoms with E-state index in [0.29, 0.717) is 64.5 Å². The second kappa shape index (κ2) is 19.7. The van der Waals surface area contributed by atoms with Crippen molar-refractivity contribution >= 4 is 53.3 Å². The van der Waals surface area contributed by atoms with E-state index in [4.69, 9.17) is 14.5 Å². The van der Waals surface area contributed by atoms with E-state index in [1.54, 1.807) is 24.8 Å². The summed E-state index contributed by atoms with van der Waals surface area (Å²) in [4.78, 5) is 52.3. The van der Waals surface area contributed by atoms with Crippen LogP contribution in [0.25, 0.3) is 16.6 Å². The van der Waals surface area contributed by atoms with Crippen LogP contribution in [-0.2, 0) is 38.6 Å². The first-order valence-corrected chi connectivity index (χ1v) is 25.1. The number of carbonyl (C=O) groups is 3. The first-order valence-electron chi connectivity index (χ1n) is 25.1. The number of nitrogens with one attached hydrogen (secondary N) is 1. The van der Waals surface area contributed by atoms with Crippen LogP contribution in [0.1, 0.15) is 103 Å². The van der Waals surface area contributed by atoms with Crippen molar-refractivity contribution in [1.82, 2.24) is 25.0 Å². The number of anilines is 1. The quantitative estimate of drug-likeness (QED) is 0.0258. The van der Waals surface area contributed by atoms with Gasteiger partial charge in [-0.25, -0.2) is 14.2 Å². The smallest absolute Gasteiger partial charge is 0.407 e. The number of hydrogen-bond acceptors (Lipinski definition) is 13. The van der Waals surface area contributed by atoms with Crippen LogP contribution >= 0.6 is 0 Å². The number of pyridine rings is 1. The number of phenolic OH excluding ortho intramolecular Hbond substituents is 2. The largest absolute Gasteiger partial charge is 0.508 e. The van der Waals surface area contributed by atoms with Crippen molar-refractivity contribution in [2.45, 2.75) is 97.9 Å². The zero-order valence-electron chi connectivity index (χ0n) is 41.4. The van der Waals surface area contributed by atoms with E-state index >= 15 is 4.39 Å². The average Bonchev–Trinajstić information content (AvgIpc) is 3.69. The fraction of sp³-hybridized carbons (Fsp3) is 0.455. The number of aromatic nitrogens is 1. The van der Waals surface area contributed by atoms with Gasteiger partial charge < -0.3 is 44.8 Å². The monoisotopic (exact) mass is 982 g/mol. The lowest BCUT2D eigenvalue weighted by molar-refractivity contribution is -0.147. The van der Waals surface area contributed by atoms with E-state index in [2.05, 4.69) is 32.0 Å². The van der Waals surface area contributed by atoms with Crippen LogP contribution in [0.2, 0.25) is 0 Å². The molecule has 378 valence electrons. The molecular weight excluding hydrogens is 920 g/mol. The number of allylic oxidation sites excluding steroid dienone is 1. The van der Waals surface area contributed by atoms with Gasteiger partial charge in [0.2, 0.25) is 6.41 Å². The van der Waals surface area contributed by atoms with Crippen LogP contribution in [0.15, 0.2) is 69.9 Å². The molecule has 2 aliphatic carbocycles. The molecule has 2 atom stereocenters. The molecule has 4 aliphatic heterocycles. The number of esters is 1. The number of ether oxygens (including phenoxy) is 2. The van der Waals surface area contributed by atoms with Gasteiger partial charge in [0.05, 0.1) is 41.0 Å². The number of aryl methyl sites for hydroxylation is 2. The number of alkyl carbamates (subject to hydrolysis) is 1. The molecule has 1 saturated carbocycles. The molecule has 5 heterocycles. The van der Waals surface area contributed by atoms with Gasteiger partial charge in [-0.2, -0.15) is 5.10 Å². The minimum atomic E-state index is -0.480. The number of amides is 2. The van der Waals surface area contributed by atoms with E-state index in [9.17, 15) is 29.7 Å². The summed E-state index contributed by atoms with van der Waals surface area (Å²) < 4.78 is 26.9. The Labute approximate surface area is 418 Å². The Hall–Kier alpha value is -6.69. The Balaban J connectivity index is 0.720. The molecule has 10 rings (SSSR count). The number of rotatable bonds is 13. The lowest BCUT2D eigenvalue weighted by atomic mass is 9.61. The predicted molar refractivity (Wildman–Crippen MR) is 271 cm³/mol. The number of phenols is 2.